The maximum Gasteiger partial charge on any atom is 0.143 e. The second-order valence-corrected chi connectivity index (χ2v) is 4.85. The topological polar surface area (TPSA) is 71.4 Å². The Morgan fingerprint density at radius 3 is 3.00 bits per heavy atom. The monoisotopic (exact) mass is 270 g/mol. The van der Waals surface area contributed by atoms with Crippen molar-refractivity contribution in [3.63, 3.8) is 0 Å². The molecule has 3 aromatic rings. The SMILES string of the molecule is CCCCNc1ncnc2[nH]c(-c3cnn(C)c3)cc12. The molecule has 0 aliphatic carbocycles. The van der Waals surface area contributed by atoms with Gasteiger partial charge in [0, 0.05) is 25.4 Å². The van der Waals surface area contributed by atoms with Gasteiger partial charge < -0.3 is 10.3 Å². The third-order valence-electron chi connectivity index (χ3n) is 3.26. The Bertz CT molecular complexity index is 711. The Hall–Kier alpha value is -2.37. The van der Waals surface area contributed by atoms with Crippen molar-refractivity contribution in [2.75, 3.05) is 11.9 Å². The van der Waals surface area contributed by atoms with Crippen LogP contribution in [0.4, 0.5) is 5.82 Å². The van der Waals surface area contributed by atoms with Gasteiger partial charge in [0.15, 0.2) is 0 Å². The van der Waals surface area contributed by atoms with Gasteiger partial charge in [0.05, 0.1) is 17.3 Å². The van der Waals surface area contributed by atoms with Crippen LogP contribution in [0.25, 0.3) is 22.3 Å². The van der Waals surface area contributed by atoms with Crippen LogP contribution in [-0.2, 0) is 7.05 Å². The fourth-order valence-electron chi connectivity index (χ4n) is 2.18. The fourth-order valence-corrected chi connectivity index (χ4v) is 2.18. The molecule has 2 N–H and O–H groups in total. The summed E-state index contributed by atoms with van der Waals surface area (Å²) in [7, 11) is 1.91. The highest BCUT2D eigenvalue weighted by atomic mass is 15.2. The van der Waals surface area contributed by atoms with Crippen molar-refractivity contribution in [1.82, 2.24) is 24.7 Å². The first kappa shape index (κ1) is 12.7. The number of fused-ring (bicyclic) bond motifs is 1. The van der Waals surface area contributed by atoms with E-state index in [0.717, 1.165) is 47.5 Å². The van der Waals surface area contributed by atoms with Crippen LogP contribution in [-0.4, -0.2) is 31.3 Å². The number of hydrogen-bond acceptors (Lipinski definition) is 4. The van der Waals surface area contributed by atoms with Crippen molar-refractivity contribution in [2.24, 2.45) is 7.05 Å². The van der Waals surface area contributed by atoms with E-state index in [1.807, 2.05) is 19.4 Å². The number of nitrogens with one attached hydrogen (secondary N) is 2. The highest BCUT2D eigenvalue weighted by molar-refractivity contribution is 5.91. The third kappa shape index (κ3) is 2.36. The standard InChI is InChI=1S/C14H18N6/c1-3-4-5-15-13-11-6-12(10-7-18-20(2)8-10)19-14(11)17-9-16-13/h6-9H,3-5H2,1-2H3,(H2,15,16,17,19). The van der Waals surface area contributed by atoms with E-state index < -0.39 is 0 Å². The third-order valence-corrected chi connectivity index (χ3v) is 3.26. The fraction of sp³-hybridized carbons (Fsp3) is 0.357. The van der Waals surface area contributed by atoms with Gasteiger partial charge in [-0.3, -0.25) is 4.68 Å². The van der Waals surface area contributed by atoms with E-state index in [9.17, 15) is 0 Å². The first-order valence-corrected chi connectivity index (χ1v) is 6.84. The van der Waals surface area contributed by atoms with E-state index in [0.29, 0.717) is 0 Å². The molecule has 20 heavy (non-hydrogen) atoms. The van der Waals surface area contributed by atoms with E-state index in [4.69, 9.17) is 0 Å². The summed E-state index contributed by atoms with van der Waals surface area (Å²) in [6.45, 7) is 3.10. The van der Waals surface area contributed by atoms with Crippen molar-refractivity contribution >= 4 is 16.9 Å². The zero-order valence-electron chi connectivity index (χ0n) is 11.7. The smallest absolute Gasteiger partial charge is 0.143 e. The Kier molecular flexibility index (Phi) is 3.37. The number of rotatable bonds is 5. The predicted molar refractivity (Wildman–Crippen MR) is 79.5 cm³/mol. The molecule has 0 saturated heterocycles. The van der Waals surface area contributed by atoms with Crippen LogP contribution in [0.3, 0.4) is 0 Å². The van der Waals surface area contributed by atoms with Crippen molar-refractivity contribution in [1.29, 1.82) is 0 Å². The molecule has 0 bridgehead atoms. The van der Waals surface area contributed by atoms with E-state index in [1.54, 1.807) is 11.0 Å². The van der Waals surface area contributed by atoms with Gasteiger partial charge in [0.25, 0.3) is 0 Å². The molecule has 0 amide bonds. The van der Waals surface area contributed by atoms with Gasteiger partial charge in [-0.05, 0) is 12.5 Å². The number of aromatic nitrogens is 5. The van der Waals surface area contributed by atoms with Gasteiger partial charge >= 0.3 is 0 Å². The first-order valence-electron chi connectivity index (χ1n) is 6.84. The Labute approximate surface area is 117 Å². The van der Waals surface area contributed by atoms with Gasteiger partial charge in [-0.25, -0.2) is 9.97 Å². The molecule has 104 valence electrons. The molecule has 0 spiro atoms. The van der Waals surface area contributed by atoms with Crippen LogP contribution < -0.4 is 5.32 Å². The van der Waals surface area contributed by atoms with Crippen LogP contribution in [0.2, 0.25) is 0 Å². The van der Waals surface area contributed by atoms with E-state index in [2.05, 4.69) is 38.4 Å². The Morgan fingerprint density at radius 2 is 2.25 bits per heavy atom. The molecule has 3 heterocycles. The van der Waals surface area contributed by atoms with Gasteiger partial charge in [-0.1, -0.05) is 13.3 Å². The molecule has 3 aromatic heterocycles. The summed E-state index contributed by atoms with van der Waals surface area (Å²) in [5, 5.41) is 8.57. The first-order chi connectivity index (χ1) is 9.78. The zero-order chi connectivity index (χ0) is 13.9. The maximum atomic E-state index is 4.33. The van der Waals surface area contributed by atoms with E-state index >= 15 is 0 Å². The van der Waals surface area contributed by atoms with Gasteiger partial charge in [0.2, 0.25) is 0 Å². The minimum absolute atomic E-state index is 0.845. The van der Waals surface area contributed by atoms with Crippen LogP contribution in [0.15, 0.2) is 24.8 Å². The number of hydrogen-bond donors (Lipinski definition) is 2. The molecule has 0 atom stereocenters. The molecule has 3 rings (SSSR count). The summed E-state index contributed by atoms with van der Waals surface area (Å²) in [6.07, 6.45) is 7.69. The van der Waals surface area contributed by atoms with Crippen LogP contribution in [0, 0.1) is 0 Å². The molecule has 0 aliphatic heterocycles. The highest BCUT2D eigenvalue weighted by Crippen LogP contribution is 2.26. The average Bonchev–Trinajstić information content (AvgIpc) is 3.05. The molecule has 6 heteroatoms. The number of unbranched alkanes of at least 4 members (excludes halogenated alkanes) is 1. The quantitative estimate of drug-likeness (QED) is 0.699. The summed E-state index contributed by atoms with van der Waals surface area (Å²) >= 11 is 0. The van der Waals surface area contributed by atoms with Gasteiger partial charge in [0.1, 0.15) is 17.8 Å². The molecule has 0 unspecified atom stereocenters. The van der Waals surface area contributed by atoms with E-state index in [-0.39, 0.29) is 0 Å². The molecular weight excluding hydrogens is 252 g/mol. The zero-order valence-corrected chi connectivity index (χ0v) is 11.7. The summed E-state index contributed by atoms with van der Waals surface area (Å²) in [5.41, 5.74) is 2.90. The lowest BCUT2D eigenvalue weighted by molar-refractivity contribution is 0.768. The van der Waals surface area contributed by atoms with Crippen molar-refractivity contribution < 1.29 is 0 Å². The lowest BCUT2D eigenvalue weighted by atomic mass is 10.2. The van der Waals surface area contributed by atoms with Crippen molar-refractivity contribution in [2.45, 2.75) is 19.8 Å². The molecule has 6 nitrogen and oxygen atoms in total. The lowest BCUT2D eigenvalue weighted by Crippen LogP contribution is -2.03. The molecule has 0 saturated carbocycles. The predicted octanol–water partition coefficient (Wildman–Crippen LogP) is 2.57. The summed E-state index contributed by atoms with van der Waals surface area (Å²) in [4.78, 5) is 11.9. The van der Waals surface area contributed by atoms with Gasteiger partial charge in [-0.2, -0.15) is 5.10 Å². The maximum absolute atomic E-state index is 4.33. The van der Waals surface area contributed by atoms with Crippen LogP contribution in [0.1, 0.15) is 19.8 Å². The van der Waals surface area contributed by atoms with Crippen LogP contribution in [0.5, 0.6) is 0 Å². The number of anilines is 1. The molecule has 0 aliphatic rings. The summed E-state index contributed by atoms with van der Waals surface area (Å²) < 4.78 is 1.78. The number of aromatic amines is 1. The minimum Gasteiger partial charge on any atom is -0.369 e. The largest absolute Gasteiger partial charge is 0.369 e. The molecule has 0 fully saturated rings. The summed E-state index contributed by atoms with van der Waals surface area (Å²) in [5.74, 6) is 0.884. The lowest BCUT2D eigenvalue weighted by Gasteiger charge is -2.04. The van der Waals surface area contributed by atoms with Crippen molar-refractivity contribution in [3.05, 3.63) is 24.8 Å². The van der Waals surface area contributed by atoms with Crippen molar-refractivity contribution in [3.8, 4) is 11.3 Å². The number of aryl methyl sites for hydroxylation is 1. The number of H-pyrrole nitrogens is 1. The van der Waals surface area contributed by atoms with Crippen LogP contribution >= 0.6 is 0 Å². The second-order valence-electron chi connectivity index (χ2n) is 4.85. The average molecular weight is 270 g/mol. The minimum atomic E-state index is 0.845. The second kappa shape index (κ2) is 5.32. The molecule has 0 radical (unpaired) electrons. The van der Waals surface area contributed by atoms with Gasteiger partial charge in [-0.15, -0.1) is 0 Å². The summed E-state index contributed by atoms with van der Waals surface area (Å²) in [6, 6.07) is 2.07. The Morgan fingerprint density at radius 1 is 1.35 bits per heavy atom. The molecule has 0 aromatic carbocycles. The molecular formula is C14H18N6. The normalized spacial score (nSPS) is 11.1. The van der Waals surface area contributed by atoms with E-state index in [1.165, 1.54) is 0 Å². The number of nitrogens with zero attached hydrogens (tertiary/aromatic N) is 4. The highest BCUT2D eigenvalue weighted by Gasteiger charge is 2.09. The Balaban J connectivity index is 1.96.